The Balaban J connectivity index is 1.65. The topological polar surface area (TPSA) is 142 Å². The molecule has 4 aromatic rings. The maximum absolute atomic E-state index is 11.7. The Morgan fingerprint density at radius 2 is 1.80 bits per heavy atom. The molecule has 3 heterocycles. The van der Waals surface area contributed by atoms with Crippen LogP contribution in [0.1, 0.15) is 20.8 Å². The smallest absolute Gasteiger partial charge is 0.266 e. The van der Waals surface area contributed by atoms with Gasteiger partial charge in [0.1, 0.15) is 17.1 Å². The van der Waals surface area contributed by atoms with Gasteiger partial charge in [0.25, 0.3) is 5.91 Å². The number of hydrogen-bond acceptors (Lipinski definition) is 7. The number of primary amides is 1. The summed E-state index contributed by atoms with van der Waals surface area (Å²) in [4.78, 5) is 20.5. The number of carbonyl (C=O) groups is 1. The number of nitrogens with one attached hydrogen (secondary N) is 1. The highest BCUT2D eigenvalue weighted by molar-refractivity contribution is 6.38. The zero-order chi connectivity index (χ0) is 25.3. The highest BCUT2D eigenvalue weighted by atomic mass is 35.5. The molecular formula is C23H23Cl2N9O. The van der Waals surface area contributed by atoms with Gasteiger partial charge in [-0.15, -0.1) is 10.2 Å². The van der Waals surface area contributed by atoms with Crippen molar-refractivity contribution in [2.45, 2.75) is 26.3 Å². The first-order chi connectivity index (χ1) is 16.6. The number of anilines is 1. The van der Waals surface area contributed by atoms with Crippen LogP contribution in [-0.2, 0) is 10.3 Å². The van der Waals surface area contributed by atoms with Crippen molar-refractivity contribution in [3.05, 3.63) is 70.2 Å². The maximum atomic E-state index is 11.7. The van der Waals surface area contributed by atoms with Crippen LogP contribution in [0.4, 0.5) is 11.4 Å². The molecule has 0 unspecified atom stereocenters. The molecule has 0 fully saturated rings. The van der Waals surface area contributed by atoms with Crippen molar-refractivity contribution in [1.82, 2.24) is 24.4 Å². The summed E-state index contributed by atoms with van der Waals surface area (Å²) in [5, 5.41) is 12.2. The second kappa shape index (κ2) is 9.40. The van der Waals surface area contributed by atoms with E-state index in [1.807, 2.05) is 21.5 Å². The molecule has 0 aliphatic heterocycles. The highest BCUT2D eigenvalue weighted by Crippen LogP contribution is 2.32. The lowest BCUT2D eigenvalue weighted by molar-refractivity contribution is -0.114. The molecule has 1 amide bonds. The highest BCUT2D eigenvalue weighted by Gasteiger charge is 2.20. The molecule has 1 aromatic carbocycles. The number of aromatic nitrogens is 5. The van der Waals surface area contributed by atoms with Crippen molar-refractivity contribution < 1.29 is 4.79 Å². The fourth-order valence-corrected chi connectivity index (χ4v) is 3.79. The van der Waals surface area contributed by atoms with Crippen LogP contribution in [0, 0.1) is 0 Å². The molecule has 4 rings (SSSR count). The van der Waals surface area contributed by atoms with Gasteiger partial charge in [-0.3, -0.25) is 19.5 Å². The van der Waals surface area contributed by atoms with Crippen molar-refractivity contribution in [2.75, 3.05) is 5.32 Å². The van der Waals surface area contributed by atoms with E-state index in [4.69, 9.17) is 34.7 Å². The molecule has 10 nitrogen and oxygen atoms in total. The van der Waals surface area contributed by atoms with Crippen molar-refractivity contribution in [2.24, 2.45) is 16.5 Å². The summed E-state index contributed by atoms with van der Waals surface area (Å²) in [5.41, 5.74) is 13.2. The number of nitrogens with two attached hydrogens (primary N) is 2. The van der Waals surface area contributed by atoms with Crippen LogP contribution in [0.5, 0.6) is 0 Å². The molecule has 5 N–H and O–H groups in total. The van der Waals surface area contributed by atoms with Crippen LogP contribution in [0.2, 0.25) is 10.0 Å². The fourth-order valence-electron chi connectivity index (χ4n) is 3.29. The van der Waals surface area contributed by atoms with Crippen molar-refractivity contribution in [3.8, 4) is 11.5 Å². The van der Waals surface area contributed by atoms with Gasteiger partial charge in [0.05, 0.1) is 39.4 Å². The van der Waals surface area contributed by atoms with E-state index in [-0.39, 0.29) is 16.9 Å². The van der Waals surface area contributed by atoms with Crippen LogP contribution in [0.25, 0.3) is 17.2 Å². The number of pyridine rings is 1. The molecule has 0 saturated heterocycles. The van der Waals surface area contributed by atoms with Crippen LogP contribution in [0.15, 0.2) is 65.2 Å². The van der Waals surface area contributed by atoms with E-state index in [0.29, 0.717) is 38.6 Å². The van der Waals surface area contributed by atoms with Gasteiger partial charge in [-0.05, 0) is 45.0 Å². The monoisotopic (exact) mass is 511 g/mol. The number of nitrogens with zero attached hydrogens (tertiary/aromatic N) is 6. The Labute approximate surface area is 211 Å². The number of benzene rings is 1. The molecule has 35 heavy (non-hydrogen) atoms. The van der Waals surface area contributed by atoms with Gasteiger partial charge >= 0.3 is 0 Å². The fraction of sp³-hybridized carbons (Fsp3) is 0.174. The molecule has 0 aliphatic carbocycles. The molecule has 0 bridgehead atoms. The summed E-state index contributed by atoms with van der Waals surface area (Å²) < 4.78 is 3.95. The lowest BCUT2D eigenvalue weighted by atomic mass is 10.1. The average Bonchev–Trinajstić information content (AvgIpc) is 3.40. The summed E-state index contributed by atoms with van der Waals surface area (Å²) in [7, 11) is 0. The SMILES string of the molecule is CC(C)(C)n1ccc2nnc(-c3ccc(NC(C=Nc4c(Cl)cccc4Cl)=C(N)C(N)=O)cn3)n21. The standard InChI is InChI=1S/C23H23Cl2N9O/c1-23(2,3)33-10-9-18-31-32-22(34(18)33)16-8-7-13(11-28-16)30-17(19(26)21(27)35)12-29-20-14(24)5-4-6-15(20)25/h4-12,30H,26H2,1-3H3,(H2,27,35). The predicted octanol–water partition coefficient (Wildman–Crippen LogP) is 4.12. The Bertz CT molecular complexity index is 1440. The molecule has 0 saturated carbocycles. The van der Waals surface area contributed by atoms with E-state index in [1.165, 1.54) is 6.21 Å². The molecule has 0 radical (unpaired) electrons. The minimum atomic E-state index is -0.817. The second-order valence-corrected chi connectivity index (χ2v) is 9.42. The predicted molar refractivity (Wildman–Crippen MR) is 138 cm³/mol. The van der Waals surface area contributed by atoms with Gasteiger partial charge in [-0.25, -0.2) is 4.52 Å². The van der Waals surface area contributed by atoms with E-state index in [1.54, 1.807) is 36.5 Å². The van der Waals surface area contributed by atoms with Crippen LogP contribution in [-0.4, -0.2) is 36.5 Å². The summed E-state index contributed by atoms with van der Waals surface area (Å²) in [6.45, 7) is 6.26. The largest absolute Gasteiger partial charge is 0.393 e. The van der Waals surface area contributed by atoms with Gasteiger partial charge < -0.3 is 16.8 Å². The quantitative estimate of drug-likeness (QED) is 0.262. The minimum absolute atomic E-state index is 0.162. The molecule has 12 heteroatoms. The normalized spacial score (nSPS) is 12.8. The Morgan fingerprint density at radius 1 is 1.09 bits per heavy atom. The number of hydrogen-bond donors (Lipinski definition) is 3. The van der Waals surface area contributed by atoms with Gasteiger partial charge in [-0.2, -0.15) is 0 Å². The maximum Gasteiger partial charge on any atom is 0.266 e. The molecule has 0 spiro atoms. The third-order valence-corrected chi connectivity index (χ3v) is 5.63. The van der Waals surface area contributed by atoms with Crippen molar-refractivity contribution in [3.63, 3.8) is 0 Å². The Morgan fingerprint density at radius 3 is 2.40 bits per heavy atom. The second-order valence-electron chi connectivity index (χ2n) is 8.60. The van der Waals surface area contributed by atoms with E-state index in [2.05, 4.69) is 46.3 Å². The molecular weight excluding hydrogens is 489 g/mol. The zero-order valence-electron chi connectivity index (χ0n) is 19.2. The van der Waals surface area contributed by atoms with Crippen LogP contribution in [0.3, 0.4) is 0 Å². The number of allylic oxidation sites excluding steroid dienone is 1. The number of aliphatic imine (C=N–C) groups is 1. The van der Waals surface area contributed by atoms with Gasteiger partial charge in [0.15, 0.2) is 5.65 Å². The number of para-hydroxylation sites is 1. The number of amides is 1. The first-order valence-electron chi connectivity index (χ1n) is 10.5. The molecule has 0 atom stereocenters. The first kappa shape index (κ1) is 24.2. The lowest BCUT2D eigenvalue weighted by Gasteiger charge is -2.22. The third-order valence-electron chi connectivity index (χ3n) is 5.02. The summed E-state index contributed by atoms with van der Waals surface area (Å²) in [6.07, 6.45) is 4.86. The van der Waals surface area contributed by atoms with E-state index >= 15 is 0 Å². The molecule has 180 valence electrons. The average molecular weight is 512 g/mol. The third kappa shape index (κ3) is 4.98. The number of fused-ring (bicyclic) bond motifs is 1. The van der Waals surface area contributed by atoms with Gasteiger partial charge in [-0.1, -0.05) is 29.3 Å². The van der Waals surface area contributed by atoms with Gasteiger partial charge in [0.2, 0.25) is 5.82 Å². The molecule has 0 aliphatic rings. The Hall–Kier alpha value is -3.89. The van der Waals surface area contributed by atoms with Crippen molar-refractivity contribution >= 4 is 52.3 Å². The summed E-state index contributed by atoms with van der Waals surface area (Å²) in [5.74, 6) is -0.226. The van der Waals surface area contributed by atoms with Gasteiger partial charge in [0, 0.05) is 12.3 Å². The van der Waals surface area contributed by atoms with Crippen LogP contribution < -0.4 is 16.8 Å². The molecule has 3 aromatic heterocycles. The number of carbonyl (C=O) groups excluding carboxylic acids is 1. The summed E-state index contributed by atoms with van der Waals surface area (Å²) >= 11 is 12.3. The van der Waals surface area contributed by atoms with E-state index in [0.717, 1.165) is 0 Å². The number of halogens is 2. The van der Waals surface area contributed by atoms with Crippen LogP contribution >= 0.6 is 23.2 Å². The first-order valence-corrected chi connectivity index (χ1v) is 11.3. The van der Waals surface area contributed by atoms with E-state index in [9.17, 15) is 4.79 Å². The minimum Gasteiger partial charge on any atom is -0.393 e. The lowest BCUT2D eigenvalue weighted by Crippen LogP contribution is -2.25. The van der Waals surface area contributed by atoms with E-state index < -0.39 is 5.91 Å². The summed E-state index contributed by atoms with van der Waals surface area (Å²) in [6, 6.07) is 10.4. The Kier molecular flexibility index (Phi) is 6.51. The zero-order valence-corrected chi connectivity index (χ0v) is 20.7. The number of rotatable bonds is 6. The van der Waals surface area contributed by atoms with Crippen molar-refractivity contribution in [1.29, 1.82) is 0 Å².